The second kappa shape index (κ2) is 6.70. The third-order valence-electron chi connectivity index (χ3n) is 2.47. The van der Waals surface area contributed by atoms with Crippen LogP contribution >= 0.6 is 23.1 Å². The van der Waals surface area contributed by atoms with E-state index in [1.54, 1.807) is 17.6 Å². The maximum absolute atomic E-state index is 11.6. The second-order valence-corrected chi connectivity index (χ2v) is 6.07. The minimum Gasteiger partial charge on any atom is -0.303 e. The lowest BCUT2D eigenvalue weighted by atomic mass is 10.2. The van der Waals surface area contributed by atoms with Gasteiger partial charge in [-0.05, 0) is 17.9 Å². The van der Waals surface area contributed by atoms with Crippen LogP contribution < -0.4 is 5.32 Å². The molecule has 0 spiro atoms. The van der Waals surface area contributed by atoms with Crippen LogP contribution in [0.2, 0.25) is 0 Å². The molecule has 2 heterocycles. The van der Waals surface area contributed by atoms with Gasteiger partial charge >= 0.3 is 0 Å². The molecule has 18 heavy (non-hydrogen) atoms. The van der Waals surface area contributed by atoms with Crippen molar-refractivity contribution in [3.8, 4) is 0 Å². The number of amidine groups is 1. The summed E-state index contributed by atoms with van der Waals surface area (Å²) in [6.45, 7) is 2.12. The Morgan fingerprint density at radius 2 is 2.44 bits per heavy atom. The number of nitrogens with one attached hydrogen (secondary N) is 1. The topological polar surface area (TPSA) is 53.8 Å². The van der Waals surface area contributed by atoms with E-state index in [4.69, 9.17) is 0 Å². The van der Waals surface area contributed by atoms with Gasteiger partial charge in [0.05, 0.1) is 11.5 Å². The van der Waals surface area contributed by atoms with Crippen molar-refractivity contribution < 1.29 is 4.79 Å². The lowest BCUT2D eigenvalue weighted by Gasteiger charge is -2.01. The van der Waals surface area contributed by atoms with Crippen LogP contribution in [0.3, 0.4) is 0 Å². The van der Waals surface area contributed by atoms with E-state index in [0.717, 1.165) is 24.1 Å². The number of thioether (sulfide) groups is 1. The van der Waals surface area contributed by atoms with Gasteiger partial charge in [0.1, 0.15) is 0 Å². The Morgan fingerprint density at radius 1 is 1.56 bits per heavy atom. The number of hydrogen-bond donors (Lipinski definition) is 1. The largest absolute Gasteiger partial charge is 0.303 e. The summed E-state index contributed by atoms with van der Waals surface area (Å²) in [5.41, 5.74) is 0. The van der Waals surface area contributed by atoms with Crippen LogP contribution in [0, 0.1) is 0 Å². The van der Waals surface area contributed by atoms with Crippen molar-refractivity contribution in [3.05, 3.63) is 22.4 Å². The van der Waals surface area contributed by atoms with Crippen molar-refractivity contribution in [1.29, 1.82) is 0 Å². The van der Waals surface area contributed by atoms with Gasteiger partial charge in [0, 0.05) is 4.88 Å². The molecule has 0 bridgehead atoms. The molecule has 1 fully saturated rings. The number of hydrogen-bond acceptors (Lipinski definition) is 5. The predicted molar refractivity (Wildman–Crippen MR) is 78.4 cm³/mol. The van der Waals surface area contributed by atoms with E-state index >= 15 is 0 Å². The first-order chi connectivity index (χ1) is 8.79. The molecule has 0 aromatic carbocycles. The molecule has 1 atom stereocenters. The number of carbonyl (C=O) groups excluding carboxylic acids is 1. The quantitative estimate of drug-likeness (QED) is 0.666. The summed E-state index contributed by atoms with van der Waals surface area (Å²) in [4.78, 5) is 12.7. The van der Waals surface area contributed by atoms with Gasteiger partial charge in [0.2, 0.25) is 5.91 Å². The molecule has 2 rings (SSSR count). The van der Waals surface area contributed by atoms with E-state index in [2.05, 4.69) is 22.4 Å². The van der Waals surface area contributed by atoms with E-state index in [9.17, 15) is 4.79 Å². The van der Waals surface area contributed by atoms with Crippen molar-refractivity contribution in [3.63, 3.8) is 0 Å². The highest BCUT2D eigenvalue weighted by molar-refractivity contribution is 8.15. The zero-order chi connectivity index (χ0) is 12.8. The Kier molecular flexibility index (Phi) is 4.95. The molecule has 96 valence electrons. The Balaban J connectivity index is 1.89. The molecule has 0 unspecified atom stereocenters. The molecule has 1 aliphatic rings. The summed E-state index contributed by atoms with van der Waals surface area (Å²) in [5.74, 6) is 0.0542. The van der Waals surface area contributed by atoms with Crippen molar-refractivity contribution >= 4 is 40.4 Å². The molecule has 0 aliphatic carbocycles. The molecular weight excluding hydrogens is 266 g/mol. The molecule has 4 nitrogen and oxygen atoms in total. The molecule has 6 heteroatoms. The zero-order valence-corrected chi connectivity index (χ0v) is 11.8. The first kappa shape index (κ1) is 13.3. The van der Waals surface area contributed by atoms with Crippen LogP contribution in [0.15, 0.2) is 27.7 Å². The smallest absolute Gasteiger partial charge is 0.239 e. The summed E-state index contributed by atoms with van der Waals surface area (Å²) < 4.78 is 0. The van der Waals surface area contributed by atoms with Gasteiger partial charge in [0.15, 0.2) is 5.17 Å². The summed E-state index contributed by atoms with van der Waals surface area (Å²) in [5, 5.41) is 13.4. The standard InChI is InChI=1S/C12H15N3OS2/c1-2-3-6-10-11(16)14-12(18-10)15-13-8-9-5-4-7-17-9/h4-5,7-8,10H,2-3,6H2,1H3,(H,14,15,16)/t10-/m1/s1. The van der Waals surface area contributed by atoms with Gasteiger partial charge in [-0.2, -0.15) is 5.10 Å². The molecule has 0 saturated carbocycles. The fraction of sp³-hybridized carbons (Fsp3) is 0.417. The van der Waals surface area contributed by atoms with E-state index in [-0.39, 0.29) is 11.2 Å². The predicted octanol–water partition coefficient (Wildman–Crippen LogP) is 2.86. The van der Waals surface area contributed by atoms with Crippen LogP contribution in [0.4, 0.5) is 0 Å². The number of rotatable bonds is 5. The van der Waals surface area contributed by atoms with Gasteiger partial charge < -0.3 is 5.32 Å². The lowest BCUT2D eigenvalue weighted by Crippen LogP contribution is -2.24. The molecule has 1 aliphatic heterocycles. The minimum absolute atomic E-state index is 0.000591. The summed E-state index contributed by atoms with van der Waals surface area (Å²) in [7, 11) is 0. The van der Waals surface area contributed by atoms with Crippen LogP contribution in [0.5, 0.6) is 0 Å². The van der Waals surface area contributed by atoms with Gasteiger partial charge in [0.25, 0.3) is 0 Å². The van der Waals surface area contributed by atoms with Crippen LogP contribution in [-0.2, 0) is 4.79 Å². The number of unbranched alkanes of at least 4 members (excludes halogenated alkanes) is 1. The number of nitrogens with zero attached hydrogens (tertiary/aromatic N) is 2. The second-order valence-electron chi connectivity index (χ2n) is 3.90. The average molecular weight is 281 g/mol. The molecule has 1 aromatic rings. The first-order valence-electron chi connectivity index (χ1n) is 5.91. The lowest BCUT2D eigenvalue weighted by molar-refractivity contribution is -0.118. The van der Waals surface area contributed by atoms with Crippen molar-refractivity contribution in [2.24, 2.45) is 10.2 Å². The fourth-order valence-corrected chi connectivity index (χ4v) is 3.09. The third-order valence-corrected chi connectivity index (χ3v) is 4.42. The van der Waals surface area contributed by atoms with Gasteiger partial charge in [-0.1, -0.05) is 37.6 Å². The maximum atomic E-state index is 11.6. The number of thiophene rings is 1. The van der Waals surface area contributed by atoms with E-state index < -0.39 is 0 Å². The first-order valence-corrected chi connectivity index (χ1v) is 7.67. The van der Waals surface area contributed by atoms with E-state index in [1.807, 2.05) is 17.5 Å². The Labute approximate surface area is 115 Å². The van der Waals surface area contributed by atoms with Crippen LogP contribution in [-0.4, -0.2) is 22.5 Å². The number of amides is 1. The summed E-state index contributed by atoms with van der Waals surface area (Å²) in [6, 6.07) is 3.94. The highest BCUT2D eigenvalue weighted by Gasteiger charge is 2.29. The van der Waals surface area contributed by atoms with Gasteiger partial charge in [-0.15, -0.1) is 16.4 Å². The third kappa shape index (κ3) is 3.68. The Bertz CT molecular complexity index is 454. The monoisotopic (exact) mass is 281 g/mol. The van der Waals surface area contributed by atoms with Gasteiger partial charge in [-0.25, -0.2) is 0 Å². The van der Waals surface area contributed by atoms with E-state index in [1.165, 1.54) is 11.8 Å². The zero-order valence-electron chi connectivity index (χ0n) is 10.1. The summed E-state index contributed by atoms with van der Waals surface area (Å²) >= 11 is 3.08. The van der Waals surface area contributed by atoms with E-state index in [0.29, 0.717) is 5.17 Å². The summed E-state index contributed by atoms with van der Waals surface area (Å²) in [6.07, 6.45) is 4.77. The maximum Gasteiger partial charge on any atom is 0.239 e. The molecule has 1 aromatic heterocycles. The minimum atomic E-state index is 0.000591. The fourth-order valence-electron chi connectivity index (χ4n) is 1.53. The Hall–Kier alpha value is -1.14. The van der Waals surface area contributed by atoms with Gasteiger partial charge in [-0.3, -0.25) is 4.79 Å². The molecular formula is C12H15N3OS2. The SMILES string of the molecule is CCCC[C@H]1SC(=NN=Cc2cccs2)NC1=O. The average Bonchev–Trinajstić information content (AvgIpc) is 2.97. The van der Waals surface area contributed by atoms with Crippen molar-refractivity contribution in [2.75, 3.05) is 0 Å². The molecule has 1 saturated heterocycles. The number of carbonyl (C=O) groups is 1. The normalized spacial score (nSPS) is 21.9. The van der Waals surface area contributed by atoms with Crippen LogP contribution in [0.1, 0.15) is 31.1 Å². The molecule has 1 N–H and O–H groups in total. The highest BCUT2D eigenvalue weighted by Crippen LogP contribution is 2.24. The molecule has 0 radical (unpaired) electrons. The van der Waals surface area contributed by atoms with Crippen molar-refractivity contribution in [1.82, 2.24) is 5.32 Å². The highest BCUT2D eigenvalue weighted by atomic mass is 32.2. The Morgan fingerprint density at radius 3 is 3.17 bits per heavy atom. The molecule has 1 amide bonds. The van der Waals surface area contributed by atoms with Crippen LogP contribution in [0.25, 0.3) is 0 Å². The van der Waals surface area contributed by atoms with Crippen molar-refractivity contribution in [2.45, 2.75) is 31.4 Å².